The second kappa shape index (κ2) is 6.89. The molecule has 2 rings (SSSR count). The van der Waals surface area contributed by atoms with Crippen molar-refractivity contribution in [2.75, 3.05) is 19.8 Å². The van der Waals surface area contributed by atoms with Gasteiger partial charge < -0.3 is 4.74 Å². The van der Waals surface area contributed by atoms with Gasteiger partial charge in [-0.25, -0.2) is 13.1 Å². The van der Waals surface area contributed by atoms with Crippen LogP contribution in [0.5, 0.6) is 0 Å². The van der Waals surface area contributed by atoms with E-state index in [4.69, 9.17) is 16.3 Å². The molecule has 4 nitrogen and oxygen atoms in total. The summed E-state index contributed by atoms with van der Waals surface area (Å²) in [7, 11) is -3.29. The molecule has 0 aromatic heterocycles. The fourth-order valence-corrected chi connectivity index (χ4v) is 4.55. The standard InChI is InChI=1S/C14H20ClNO3S/c1-2-16-20(17,18)14-7-8-19-10-12(14)9-11-5-3-4-6-13(11)15/h3-6,12,14,16H,2,7-10H2,1H3. The Hall–Kier alpha value is -0.620. The Labute approximate surface area is 125 Å². The van der Waals surface area contributed by atoms with E-state index < -0.39 is 15.3 Å². The number of rotatable bonds is 5. The molecule has 0 amide bonds. The van der Waals surface area contributed by atoms with E-state index in [0.29, 0.717) is 37.6 Å². The van der Waals surface area contributed by atoms with Crippen molar-refractivity contribution in [1.82, 2.24) is 4.72 Å². The molecule has 1 saturated heterocycles. The van der Waals surface area contributed by atoms with Gasteiger partial charge in [0.25, 0.3) is 0 Å². The highest BCUT2D eigenvalue weighted by molar-refractivity contribution is 7.90. The Morgan fingerprint density at radius 1 is 1.40 bits per heavy atom. The summed E-state index contributed by atoms with van der Waals surface area (Å²) < 4.78 is 32.6. The summed E-state index contributed by atoms with van der Waals surface area (Å²) in [4.78, 5) is 0. The van der Waals surface area contributed by atoms with E-state index in [1.165, 1.54) is 0 Å². The minimum atomic E-state index is -3.29. The molecular weight excluding hydrogens is 298 g/mol. The molecule has 1 aliphatic rings. The monoisotopic (exact) mass is 317 g/mol. The highest BCUT2D eigenvalue weighted by atomic mass is 35.5. The summed E-state index contributed by atoms with van der Waals surface area (Å²) >= 11 is 6.16. The summed E-state index contributed by atoms with van der Waals surface area (Å²) in [5.74, 6) is -0.0623. The smallest absolute Gasteiger partial charge is 0.214 e. The van der Waals surface area contributed by atoms with Crippen molar-refractivity contribution in [2.45, 2.75) is 25.0 Å². The van der Waals surface area contributed by atoms with Gasteiger partial charge in [0.2, 0.25) is 10.0 Å². The molecule has 1 heterocycles. The molecule has 6 heteroatoms. The van der Waals surface area contributed by atoms with E-state index in [9.17, 15) is 8.42 Å². The van der Waals surface area contributed by atoms with Gasteiger partial charge >= 0.3 is 0 Å². The lowest BCUT2D eigenvalue weighted by Gasteiger charge is -2.31. The average Bonchev–Trinajstić information content (AvgIpc) is 2.42. The van der Waals surface area contributed by atoms with Crippen LogP contribution in [0.4, 0.5) is 0 Å². The molecule has 112 valence electrons. The first kappa shape index (κ1) is 15.8. The van der Waals surface area contributed by atoms with Gasteiger partial charge in [-0.15, -0.1) is 0 Å². The number of nitrogens with one attached hydrogen (secondary N) is 1. The fraction of sp³-hybridized carbons (Fsp3) is 0.571. The van der Waals surface area contributed by atoms with Crippen LogP contribution in [0, 0.1) is 5.92 Å². The van der Waals surface area contributed by atoms with Gasteiger partial charge in [-0.05, 0) is 24.5 Å². The predicted molar refractivity (Wildman–Crippen MR) is 80.5 cm³/mol. The van der Waals surface area contributed by atoms with Crippen molar-refractivity contribution < 1.29 is 13.2 Å². The molecular formula is C14H20ClNO3S. The van der Waals surface area contributed by atoms with Crippen molar-refractivity contribution >= 4 is 21.6 Å². The molecule has 20 heavy (non-hydrogen) atoms. The van der Waals surface area contributed by atoms with Gasteiger partial charge in [0.15, 0.2) is 0 Å². The van der Waals surface area contributed by atoms with Crippen LogP contribution in [0.1, 0.15) is 18.9 Å². The number of hydrogen-bond acceptors (Lipinski definition) is 3. The largest absolute Gasteiger partial charge is 0.381 e. The third kappa shape index (κ3) is 3.73. The third-order valence-corrected chi connectivity index (χ3v) is 6.07. The number of hydrogen-bond donors (Lipinski definition) is 1. The summed E-state index contributed by atoms with van der Waals surface area (Å²) in [6, 6.07) is 7.55. The average molecular weight is 318 g/mol. The second-order valence-corrected chi connectivity index (χ2v) is 7.39. The van der Waals surface area contributed by atoms with E-state index in [1.54, 1.807) is 6.92 Å². The first-order chi connectivity index (χ1) is 9.54. The number of ether oxygens (including phenoxy) is 1. The van der Waals surface area contributed by atoms with Crippen LogP contribution in [0.3, 0.4) is 0 Å². The normalized spacial score (nSPS) is 23.7. The Morgan fingerprint density at radius 3 is 2.85 bits per heavy atom. The molecule has 2 unspecified atom stereocenters. The van der Waals surface area contributed by atoms with Crippen molar-refractivity contribution in [2.24, 2.45) is 5.92 Å². The molecule has 1 N–H and O–H groups in total. The number of sulfonamides is 1. The zero-order chi connectivity index (χ0) is 14.6. The SMILES string of the molecule is CCNS(=O)(=O)C1CCOCC1Cc1ccccc1Cl. The number of benzene rings is 1. The van der Waals surface area contributed by atoms with Crippen molar-refractivity contribution in [1.29, 1.82) is 0 Å². The fourth-order valence-electron chi connectivity index (χ4n) is 2.63. The molecule has 1 aliphatic heterocycles. The van der Waals surface area contributed by atoms with Crippen LogP contribution in [0.2, 0.25) is 5.02 Å². The van der Waals surface area contributed by atoms with Crippen LogP contribution in [0.15, 0.2) is 24.3 Å². The van der Waals surface area contributed by atoms with Crippen molar-refractivity contribution in [3.8, 4) is 0 Å². The zero-order valence-electron chi connectivity index (χ0n) is 11.5. The highest BCUT2D eigenvalue weighted by Crippen LogP contribution is 2.27. The lowest BCUT2D eigenvalue weighted by atomic mass is 9.93. The van der Waals surface area contributed by atoms with Crippen LogP contribution in [-0.4, -0.2) is 33.4 Å². The lowest BCUT2D eigenvalue weighted by molar-refractivity contribution is 0.0570. The molecule has 1 aromatic carbocycles. The van der Waals surface area contributed by atoms with E-state index >= 15 is 0 Å². The Bertz CT molecular complexity index is 547. The quantitative estimate of drug-likeness (QED) is 0.906. The maximum Gasteiger partial charge on any atom is 0.214 e. The van der Waals surface area contributed by atoms with Gasteiger partial charge in [-0.1, -0.05) is 36.7 Å². The molecule has 0 radical (unpaired) electrons. The van der Waals surface area contributed by atoms with E-state index in [2.05, 4.69) is 4.72 Å². The summed E-state index contributed by atoms with van der Waals surface area (Å²) in [6.45, 7) is 3.16. The maximum atomic E-state index is 12.3. The molecule has 2 atom stereocenters. The summed E-state index contributed by atoms with van der Waals surface area (Å²) in [5.41, 5.74) is 0.973. The minimum absolute atomic E-state index is 0.0623. The van der Waals surface area contributed by atoms with E-state index in [0.717, 1.165) is 5.56 Å². The predicted octanol–water partition coefficient (Wildman–Crippen LogP) is 2.23. The zero-order valence-corrected chi connectivity index (χ0v) is 13.1. The maximum absolute atomic E-state index is 12.3. The molecule has 0 aliphatic carbocycles. The van der Waals surface area contributed by atoms with Crippen LogP contribution in [-0.2, 0) is 21.2 Å². The Kier molecular flexibility index (Phi) is 5.43. The topological polar surface area (TPSA) is 55.4 Å². The van der Waals surface area contributed by atoms with Gasteiger partial charge in [0.1, 0.15) is 0 Å². The van der Waals surface area contributed by atoms with Crippen molar-refractivity contribution in [3.63, 3.8) is 0 Å². The van der Waals surface area contributed by atoms with Gasteiger partial charge in [-0.2, -0.15) is 0 Å². The first-order valence-corrected chi connectivity index (χ1v) is 8.76. The molecule has 0 saturated carbocycles. The third-order valence-electron chi connectivity index (χ3n) is 3.59. The van der Waals surface area contributed by atoms with Crippen LogP contribution >= 0.6 is 11.6 Å². The van der Waals surface area contributed by atoms with E-state index in [-0.39, 0.29) is 5.92 Å². The van der Waals surface area contributed by atoms with Crippen LogP contribution < -0.4 is 4.72 Å². The molecule has 0 spiro atoms. The van der Waals surface area contributed by atoms with Crippen LogP contribution in [0.25, 0.3) is 0 Å². The van der Waals surface area contributed by atoms with Crippen molar-refractivity contribution in [3.05, 3.63) is 34.9 Å². The van der Waals surface area contributed by atoms with Gasteiger partial charge in [0.05, 0.1) is 11.9 Å². The second-order valence-electron chi connectivity index (χ2n) is 5.00. The van der Waals surface area contributed by atoms with Gasteiger partial charge in [0, 0.05) is 24.1 Å². The molecule has 0 bridgehead atoms. The first-order valence-electron chi connectivity index (χ1n) is 6.84. The van der Waals surface area contributed by atoms with Gasteiger partial charge in [-0.3, -0.25) is 0 Å². The minimum Gasteiger partial charge on any atom is -0.381 e. The summed E-state index contributed by atoms with van der Waals surface area (Å²) in [6.07, 6.45) is 1.15. The highest BCUT2D eigenvalue weighted by Gasteiger charge is 2.35. The molecule has 1 fully saturated rings. The Balaban J connectivity index is 2.18. The lowest BCUT2D eigenvalue weighted by Crippen LogP contribution is -2.44. The number of halogens is 1. The Morgan fingerprint density at radius 2 is 2.15 bits per heavy atom. The molecule has 1 aromatic rings. The van der Waals surface area contributed by atoms with E-state index in [1.807, 2.05) is 24.3 Å². The summed E-state index contributed by atoms with van der Waals surface area (Å²) in [5, 5.41) is 0.269.